The lowest BCUT2D eigenvalue weighted by Crippen LogP contribution is -2.20. The van der Waals surface area contributed by atoms with E-state index < -0.39 is 4.92 Å². The smallest absolute Gasteiger partial charge is 0.315 e. The molecule has 1 saturated heterocycles. The monoisotopic (exact) mass is 302 g/mol. The fraction of sp³-hybridized carbons (Fsp3) is 0.400. The van der Waals surface area contributed by atoms with Crippen LogP contribution in [0.5, 0.6) is 0 Å². The zero-order chi connectivity index (χ0) is 15.7. The van der Waals surface area contributed by atoms with Crippen molar-refractivity contribution in [3.05, 3.63) is 40.1 Å². The standard InChI is InChI=1S/C15H18N4O3/c1-10-5-6-12(16)11(8-10)15-13(19(20)21)9-17-18(15)14-4-2-3-7-22-14/h5-6,8-9,14H,2-4,7,16H2,1H3. The zero-order valence-electron chi connectivity index (χ0n) is 12.4. The van der Waals surface area contributed by atoms with Gasteiger partial charge < -0.3 is 10.5 Å². The number of nitrogens with zero attached hydrogens (tertiary/aromatic N) is 3. The van der Waals surface area contributed by atoms with Crippen LogP contribution in [-0.2, 0) is 4.74 Å². The van der Waals surface area contributed by atoms with E-state index in [-0.39, 0.29) is 11.9 Å². The van der Waals surface area contributed by atoms with Crippen molar-refractivity contribution in [2.24, 2.45) is 0 Å². The van der Waals surface area contributed by atoms with Crippen LogP contribution in [-0.4, -0.2) is 21.3 Å². The molecule has 1 fully saturated rings. The number of nitro groups is 1. The van der Waals surface area contributed by atoms with E-state index in [2.05, 4.69) is 5.10 Å². The van der Waals surface area contributed by atoms with E-state index in [0.717, 1.165) is 24.8 Å². The molecule has 0 spiro atoms. The fourth-order valence-electron chi connectivity index (χ4n) is 2.76. The first-order valence-corrected chi connectivity index (χ1v) is 7.28. The molecule has 116 valence electrons. The van der Waals surface area contributed by atoms with E-state index in [1.807, 2.05) is 19.1 Å². The van der Waals surface area contributed by atoms with E-state index in [1.165, 1.54) is 6.20 Å². The summed E-state index contributed by atoms with van der Waals surface area (Å²) in [5.74, 6) is 0. The Labute approximate surface area is 127 Å². The highest BCUT2D eigenvalue weighted by molar-refractivity contribution is 5.80. The minimum Gasteiger partial charge on any atom is -0.398 e. The first-order valence-electron chi connectivity index (χ1n) is 7.28. The Hall–Kier alpha value is -2.41. The Morgan fingerprint density at radius 1 is 1.45 bits per heavy atom. The molecule has 1 aliphatic rings. The molecule has 0 saturated carbocycles. The number of anilines is 1. The molecular weight excluding hydrogens is 284 g/mol. The largest absolute Gasteiger partial charge is 0.398 e. The van der Waals surface area contributed by atoms with Crippen molar-refractivity contribution in [2.45, 2.75) is 32.4 Å². The highest BCUT2D eigenvalue weighted by Crippen LogP contribution is 2.37. The lowest BCUT2D eigenvalue weighted by atomic mass is 10.0. The van der Waals surface area contributed by atoms with Crippen LogP contribution in [0.1, 0.15) is 31.1 Å². The summed E-state index contributed by atoms with van der Waals surface area (Å²) in [5, 5.41) is 15.6. The quantitative estimate of drug-likeness (QED) is 0.534. The summed E-state index contributed by atoms with van der Waals surface area (Å²) in [5.41, 5.74) is 8.51. The Bertz CT molecular complexity index is 705. The number of hydrogen-bond acceptors (Lipinski definition) is 5. The van der Waals surface area contributed by atoms with Gasteiger partial charge in [-0.15, -0.1) is 0 Å². The first kappa shape index (κ1) is 14.5. The summed E-state index contributed by atoms with van der Waals surface area (Å²) in [6.07, 6.45) is 3.80. The molecule has 0 aliphatic carbocycles. The number of aryl methyl sites for hydroxylation is 1. The molecule has 1 atom stereocenters. The third-order valence-corrected chi connectivity index (χ3v) is 3.87. The van der Waals surface area contributed by atoms with Gasteiger partial charge in [0.05, 0.1) is 4.92 Å². The number of benzene rings is 1. The predicted molar refractivity (Wildman–Crippen MR) is 82.3 cm³/mol. The van der Waals surface area contributed by atoms with Crippen LogP contribution in [0.3, 0.4) is 0 Å². The molecule has 3 rings (SSSR count). The van der Waals surface area contributed by atoms with Gasteiger partial charge in [-0.05, 0) is 38.3 Å². The van der Waals surface area contributed by atoms with Gasteiger partial charge in [0.2, 0.25) is 0 Å². The van der Waals surface area contributed by atoms with Gasteiger partial charge in [0.1, 0.15) is 6.20 Å². The minimum atomic E-state index is -0.427. The van der Waals surface area contributed by atoms with Crippen molar-refractivity contribution in [1.82, 2.24) is 9.78 Å². The van der Waals surface area contributed by atoms with E-state index in [0.29, 0.717) is 23.6 Å². The second kappa shape index (κ2) is 5.76. The van der Waals surface area contributed by atoms with Gasteiger partial charge in [-0.1, -0.05) is 11.6 Å². The maximum absolute atomic E-state index is 11.4. The summed E-state index contributed by atoms with van der Waals surface area (Å²) >= 11 is 0. The molecule has 0 amide bonds. The summed E-state index contributed by atoms with van der Waals surface area (Å²) in [4.78, 5) is 10.9. The van der Waals surface area contributed by atoms with Crippen molar-refractivity contribution in [3.63, 3.8) is 0 Å². The van der Waals surface area contributed by atoms with Crippen LogP contribution in [0.15, 0.2) is 24.4 Å². The zero-order valence-corrected chi connectivity index (χ0v) is 12.4. The average molecular weight is 302 g/mol. The van der Waals surface area contributed by atoms with Crippen LogP contribution >= 0.6 is 0 Å². The molecule has 1 aliphatic heterocycles. The lowest BCUT2D eigenvalue weighted by Gasteiger charge is -2.24. The van der Waals surface area contributed by atoms with Crippen molar-refractivity contribution < 1.29 is 9.66 Å². The lowest BCUT2D eigenvalue weighted by molar-refractivity contribution is -0.384. The molecule has 2 aromatic rings. The first-order chi connectivity index (χ1) is 10.6. The van der Waals surface area contributed by atoms with Crippen LogP contribution in [0.25, 0.3) is 11.3 Å². The second-order valence-electron chi connectivity index (χ2n) is 5.49. The van der Waals surface area contributed by atoms with Gasteiger partial charge in [0.15, 0.2) is 11.9 Å². The molecule has 2 N–H and O–H groups in total. The Morgan fingerprint density at radius 3 is 2.95 bits per heavy atom. The number of rotatable bonds is 3. The molecular formula is C15H18N4O3. The van der Waals surface area contributed by atoms with Gasteiger partial charge in [-0.25, -0.2) is 4.68 Å². The topological polar surface area (TPSA) is 96.2 Å². The Balaban J connectivity index is 2.16. The average Bonchev–Trinajstić information content (AvgIpc) is 2.95. The van der Waals surface area contributed by atoms with Crippen LogP contribution in [0, 0.1) is 17.0 Å². The summed E-state index contributed by atoms with van der Waals surface area (Å²) in [6, 6.07) is 5.48. The van der Waals surface area contributed by atoms with E-state index >= 15 is 0 Å². The van der Waals surface area contributed by atoms with Gasteiger partial charge >= 0.3 is 5.69 Å². The number of nitrogen functional groups attached to an aromatic ring is 1. The van der Waals surface area contributed by atoms with Crippen LogP contribution < -0.4 is 5.73 Å². The van der Waals surface area contributed by atoms with Gasteiger partial charge in [-0.2, -0.15) is 5.10 Å². The van der Waals surface area contributed by atoms with Crippen molar-refractivity contribution in [2.75, 3.05) is 12.3 Å². The molecule has 1 unspecified atom stereocenters. The molecule has 1 aromatic carbocycles. The van der Waals surface area contributed by atoms with E-state index in [9.17, 15) is 10.1 Å². The maximum atomic E-state index is 11.4. The predicted octanol–water partition coefficient (Wildman–Crippen LogP) is 3.05. The summed E-state index contributed by atoms with van der Waals surface area (Å²) < 4.78 is 7.33. The fourth-order valence-corrected chi connectivity index (χ4v) is 2.76. The highest BCUT2D eigenvalue weighted by Gasteiger charge is 2.28. The molecule has 0 radical (unpaired) electrons. The van der Waals surface area contributed by atoms with Gasteiger partial charge in [0.25, 0.3) is 0 Å². The third-order valence-electron chi connectivity index (χ3n) is 3.87. The minimum absolute atomic E-state index is 0.0496. The van der Waals surface area contributed by atoms with Crippen LogP contribution in [0.2, 0.25) is 0 Å². The van der Waals surface area contributed by atoms with Crippen molar-refractivity contribution in [1.29, 1.82) is 0 Å². The van der Waals surface area contributed by atoms with E-state index in [4.69, 9.17) is 10.5 Å². The normalized spacial score (nSPS) is 18.3. The molecule has 1 aromatic heterocycles. The summed E-state index contributed by atoms with van der Waals surface area (Å²) in [6.45, 7) is 2.56. The summed E-state index contributed by atoms with van der Waals surface area (Å²) in [7, 11) is 0. The molecule has 7 heteroatoms. The SMILES string of the molecule is Cc1ccc(N)c(-c2c([N+](=O)[O-])cnn2C2CCCCO2)c1. The highest BCUT2D eigenvalue weighted by atomic mass is 16.6. The Morgan fingerprint density at radius 2 is 2.27 bits per heavy atom. The molecule has 2 heterocycles. The Kier molecular flexibility index (Phi) is 3.81. The third kappa shape index (κ3) is 2.55. The van der Waals surface area contributed by atoms with Gasteiger partial charge in [0, 0.05) is 17.9 Å². The number of aromatic nitrogens is 2. The number of nitrogens with two attached hydrogens (primary N) is 1. The van der Waals surface area contributed by atoms with Gasteiger partial charge in [-0.3, -0.25) is 10.1 Å². The maximum Gasteiger partial charge on any atom is 0.315 e. The number of ether oxygens (including phenoxy) is 1. The van der Waals surface area contributed by atoms with Crippen molar-refractivity contribution in [3.8, 4) is 11.3 Å². The molecule has 0 bridgehead atoms. The van der Waals surface area contributed by atoms with Crippen LogP contribution in [0.4, 0.5) is 11.4 Å². The molecule has 22 heavy (non-hydrogen) atoms. The number of hydrogen-bond donors (Lipinski definition) is 1. The molecule has 7 nitrogen and oxygen atoms in total. The van der Waals surface area contributed by atoms with E-state index in [1.54, 1.807) is 10.7 Å². The second-order valence-corrected chi connectivity index (χ2v) is 5.49. The van der Waals surface area contributed by atoms with Crippen molar-refractivity contribution >= 4 is 11.4 Å².